The van der Waals surface area contributed by atoms with Crippen LogP contribution in [0.4, 0.5) is 11.4 Å². The van der Waals surface area contributed by atoms with E-state index in [1.807, 2.05) is 0 Å². The van der Waals surface area contributed by atoms with Crippen LogP contribution in [0.25, 0.3) is 0 Å². The third-order valence-corrected chi connectivity index (χ3v) is 4.56. The fourth-order valence-electron chi connectivity index (χ4n) is 2.98. The van der Waals surface area contributed by atoms with Crippen LogP contribution in [0.3, 0.4) is 0 Å². The number of nitrogen functional groups attached to an aromatic ring is 1. The number of nitrogens with two attached hydrogens (primary N) is 1. The Morgan fingerprint density at radius 1 is 1.26 bits per heavy atom. The van der Waals surface area contributed by atoms with Crippen molar-refractivity contribution in [2.45, 2.75) is 39.0 Å². The van der Waals surface area contributed by atoms with E-state index in [4.69, 9.17) is 28.9 Å². The number of hydrogen-bond donors (Lipinski definition) is 2. The first kappa shape index (κ1) is 14.8. The first-order valence-corrected chi connectivity index (χ1v) is 7.80. The fraction of sp³-hybridized carbons (Fsp3) is 0.600. The molecule has 0 heterocycles. The van der Waals surface area contributed by atoms with Crippen molar-refractivity contribution in [3.8, 4) is 0 Å². The van der Waals surface area contributed by atoms with Crippen LogP contribution in [0.15, 0.2) is 12.1 Å². The summed E-state index contributed by atoms with van der Waals surface area (Å²) in [6.45, 7) is 3.27. The normalized spacial score (nSPS) is 23.3. The van der Waals surface area contributed by atoms with E-state index in [2.05, 4.69) is 12.2 Å². The third-order valence-electron chi connectivity index (χ3n) is 3.96. The van der Waals surface area contributed by atoms with Crippen LogP contribution in [0, 0.1) is 11.8 Å². The number of nitrogens with one attached hydrogen (secondary N) is 1. The molecule has 3 N–H and O–H groups in total. The van der Waals surface area contributed by atoms with Gasteiger partial charge in [0.05, 0.1) is 15.7 Å². The third kappa shape index (κ3) is 4.19. The topological polar surface area (TPSA) is 38.0 Å². The van der Waals surface area contributed by atoms with Gasteiger partial charge in [-0.1, -0.05) is 49.4 Å². The van der Waals surface area contributed by atoms with Gasteiger partial charge in [-0.2, -0.15) is 0 Å². The van der Waals surface area contributed by atoms with E-state index in [0.717, 1.165) is 24.1 Å². The highest BCUT2D eigenvalue weighted by Gasteiger charge is 2.18. The predicted molar refractivity (Wildman–Crippen MR) is 85.1 cm³/mol. The molecule has 2 unspecified atom stereocenters. The van der Waals surface area contributed by atoms with Crippen LogP contribution in [0.5, 0.6) is 0 Å². The zero-order valence-corrected chi connectivity index (χ0v) is 12.9. The minimum atomic E-state index is 0.599. The van der Waals surface area contributed by atoms with Gasteiger partial charge in [-0.15, -0.1) is 0 Å². The van der Waals surface area contributed by atoms with E-state index in [0.29, 0.717) is 15.7 Å². The number of benzene rings is 1. The highest BCUT2D eigenvalue weighted by atomic mass is 35.5. The average molecular weight is 301 g/mol. The Bertz CT molecular complexity index is 411. The van der Waals surface area contributed by atoms with E-state index in [9.17, 15) is 0 Å². The van der Waals surface area contributed by atoms with Gasteiger partial charge >= 0.3 is 0 Å². The Morgan fingerprint density at radius 2 is 1.95 bits per heavy atom. The molecule has 19 heavy (non-hydrogen) atoms. The van der Waals surface area contributed by atoms with Gasteiger partial charge in [-0.25, -0.2) is 0 Å². The lowest BCUT2D eigenvalue weighted by molar-refractivity contribution is 0.274. The van der Waals surface area contributed by atoms with Crippen LogP contribution in [-0.2, 0) is 0 Å². The molecule has 106 valence electrons. The Hall–Kier alpha value is -0.600. The minimum absolute atomic E-state index is 0.599. The highest BCUT2D eigenvalue weighted by molar-refractivity contribution is 6.39. The molecular formula is C15H22Cl2N2. The van der Waals surface area contributed by atoms with Gasteiger partial charge in [0.25, 0.3) is 0 Å². The van der Waals surface area contributed by atoms with Gasteiger partial charge in [0, 0.05) is 12.2 Å². The standard InChI is InChI=1S/C15H22Cl2N2/c1-10-3-2-4-11(7-10)5-6-19-15-13(16)8-12(18)9-14(15)17/h8-11,19H,2-7,18H2,1H3. The number of anilines is 2. The summed E-state index contributed by atoms with van der Waals surface area (Å²) in [4.78, 5) is 0. The summed E-state index contributed by atoms with van der Waals surface area (Å²) < 4.78 is 0. The molecule has 1 saturated carbocycles. The Kier molecular flexibility index (Phi) is 5.23. The molecule has 0 saturated heterocycles. The Labute approximate surface area is 125 Å². The van der Waals surface area contributed by atoms with Crippen molar-refractivity contribution in [2.75, 3.05) is 17.6 Å². The molecule has 4 heteroatoms. The molecule has 1 aromatic carbocycles. The molecule has 0 amide bonds. The largest absolute Gasteiger partial charge is 0.399 e. The second-order valence-electron chi connectivity index (χ2n) is 5.71. The van der Waals surface area contributed by atoms with Crippen molar-refractivity contribution in [2.24, 2.45) is 11.8 Å². The summed E-state index contributed by atoms with van der Waals surface area (Å²) in [5.74, 6) is 1.71. The second kappa shape index (κ2) is 6.71. The molecule has 1 aliphatic carbocycles. The molecule has 1 fully saturated rings. The van der Waals surface area contributed by atoms with Crippen LogP contribution < -0.4 is 11.1 Å². The second-order valence-corrected chi connectivity index (χ2v) is 6.53. The maximum absolute atomic E-state index is 6.15. The van der Waals surface area contributed by atoms with E-state index >= 15 is 0 Å². The molecule has 1 aromatic rings. The zero-order valence-electron chi connectivity index (χ0n) is 11.4. The minimum Gasteiger partial charge on any atom is -0.399 e. The summed E-state index contributed by atoms with van der Waals surface area (Å²) in [5, 5.41) is 4.55. The highest BCUT2D eigenvalue weighted by Crippen LogP contribution is 2.34. The summed E-state index contributed by atoms with van der Waals surface area (Å²) in [6, 6.07) is 3.47. The monoisotopic (exact) mass is 300 g/mol. The SMILES string of the molecule is CC1CCCC(CCNc2c(Cl)cc(N)cc2Cl)C1. The van der Waals surface area contributed by atoms with E-state index in [-0.39, 0.29) is 0 Å². The summed E-state index contributed by atoms with van der Waals surface area (Å²) in [7, 11) is 0. The first-order valence-electron chi connectivity index (χ1n) is 7.04. The fourth-order valence-corrected chi connectivity index (χ4v) is 3.62. The van der Waals surface area contributed by atoms with Crippen LogP contribution in [0.1, 0.15) is 39.0 Å². The lowest BCUT2D eigenvalue weighted by atomic mass is 9.81. The van der Waals surface area contributed by atoms with Crippen molar-refractivity contribution in [3.05, 3.63) is 22.2 Å². The van der Waals surface area contributed by atoms with Gasteiger partial charge in [0.2, 0.25) is 0 Å². The Morgan fingerprint density at radius 3 is 2.58 bits per heavy atom. The van der Waals surface area contributed by atoms with Gasteiger partial charge in [0.1, 0.15) is 0 Å². The lowest BCUT2D eigenvalue weighted by Gasteiger charge is -2.26. The molecule has 2 nitrogen and oxygen atoms in total. The van der Waals surface area contributed by atoms with Crippen molar-refractivity contribution >= 4 is 34.6 Å². The molecule has 2 atom stereocenters. The Balaban J connectivity index is 1.85. The molecule has 2 rings (SSSR count). The van der Waals surface area contributed by atoms with E-state index in [1.54, 1.807) is 12.1 Å². The van der Waals surface area contributed by atoms with E-state index in [1.165, 1.54) is 32.1 Å². The first-order chi connectivity index (χ1) is 9.06. The molecule has 0 bridgehead atoms. The lowest BCUT2D eigenvalue weighted by Crippen LogP contribution is -2.16. The quantitative estimate of drug-likeness (QED) is 0.750. The maximum Gasteiger partial charge on any atom is 0.0720 e. The van der Waals surface area contributed by atoms with Crippen LogP contribution in [-0.4, -0.2) is 6.54 Å². The van der Waals surface area contributed by atoms with Crippen molar-refractivity contribution in [1.82, 2.24) is 0 Å². The maximum atomic E-state index is 6.15. The summed E-state index contributed by atoms with van der Waals surface area (Å²) in [6.07, 6.45) is 6.65. The molecule has 0 aliphatic heterocycles. The summed E-state index contributed by atoms with van der Waals surface area (Å²) >= 11 is 12.3. The molecule has 0 aromatic heterocycles. The van der Waals surface area contributed by atoms with Crippen molar-refractivity contribution < 1.29 is 0 Å². The molecule has 0 spiro atoms. The average Bonchev–Trinajstić information content (AvgIpc) is 2.32. The zero-order chi connectivity index (χ0) is 13.8. The number of rotatable bonds is 4. The van der Waals surface area contributed by atoms with Crippen LogP contribution >= 0.6 is 23.2 Å². The van der Waals surface area contributed by atoms with Crippen LogP contribution in [0.2, 0.25) is 10.0 Å². The van der Waals surface area contributed by atoms with Gasteiger partial charge in [-0.05, 0) is 36.8 Å². The van der Waals surface area contributed by atoms with Gasteiger partial charge in [-0.3, -0.25) is 0 Å². The van der Waals surface area contributed by atoms with Crippen molar-refractivity contribution in [1.29, 1.82) is 0 Å². The smallest absolute Gasteiger partial charge is 0.0720 e. The van der Waals surface area contributed by atoms with E-state index < -0.39 is 0 Å². The molecule has 0 radical (unpaired) electrons. The number of hydrogen-bond acceptors (Lipinski definition) is 2. The number of halogens is 2. The summed E-state index contributed by atoms with van der Waals surface area (Å²) in [5.41, 5.74) is 7.10. The predicted octanol–water partition coefficient (Wildman–Crippen LogP) is 5.20. The molecule has 1 aliphatic rings. The van der Waals surface area contributed by atoms with Gasteiger partial charge < -0.3 is 11.1 Å². The van der Waals surface area contributed by atoms with Gasteiger partial charge in [0.15, 0.2) is 0 Å². The van der Waals surface area contributed by atoms with Crippen molar-refractivity contribution in [3.63, 3.8) is 0 Å². The molecular weight excluding hydrogens is 279 g/mol.